The molecule has 0 aromatic heterocycles. The molecule has 0 N–H and O–H groups in total. The van der Waals surface area contributed by atoms with Gasteiger partial charge in [0, 0.05) is 5.56 Å². The Hall–Kier alpha value is -3.71. The van der Waals surface area contributed by atoms with Crippen LogP contribution in [0.1, 0.15) is 0 Å². The first-order valence-corrected chi connectivity index (χ1v) is 9.72. The van der Waals surface area contributed by atoms with Gasteiger partial charge in [-0.2, -0.15) is 0 Å². The molecule has 138 valence electrons. The Morgan fingerprint density at radius 3 is 1.69 bits per heavy atom. The van der Waals surface area contributed by atoms with E-state index in [2.05, 4.69) is 54.6 Å². The predicted octanol–water partition coefficient (Wildman–Crippen LogP) is 7.98. The molecule has 0 atom stereocenters. The molecular weight excluding hydrogens is 355 g/mol. The number of rotatable bonds is 3. The number of halogens is 1. The average Bonchev–Trinajstić information content (AvgIpc) is 2.79. The van der Waals surface area contributed by atoms with Gasteiger partial charge in [-0.25, -0.2) is 4.39 Å². The highest BCUT2D eigenvalue weighted by molar-refractivity contribution is 5.87. The van der Waals surface area contributed by atoms with Crippen molar-refractivity contribution in [3.8, 4) is 33.4 Å². The molecule has 0 spiro atoms. The maximum atomic E-state index is 14.8. The number of hydrogen-bond donors (Lipinski definition) is 0. The van der Waals surface area contributed by atoms with Crippen LogP contribution in [0.4, 0.5) is 4.39 Å². The van der Waals surface area contributed by atoms with Gasteiger partial charge in [0.2, 0.25) is 0 Å². The van der Waals surface area contributed by atoms with E-state index in [1.54, 1.807) is 6.07 Å². The van der Waals surface area contributed by atoms with Crippen LogP contribution in [0.25, 0.3) is 44.2 Å². The van der Waals surface area contributed by atoms with Crippen molar-refractivity contribution in [1.82, 2.24) is 0 Å². The number of hydrogen-bond acceptors (Lipinski definition) is 0. The third-order valence-corrected chi connectivity index (χ3v) is 5.35. The molecule has 5 aromatic rings. The Kier molecular flexibility index (Phi) is 4.42. The number of benzene rings is 5. The summed E-state index contributed by atoms with van der Waals surface area (Å²) in [4.78, 5) is 0. The van der Waals surface area contributed by atoms with Crippen LogP contribution >= 0.6 is 0 Å². The molecule has 0 unspecified atom stereocenters. The molecule has 0 fully saturated rings. The molecule has 0 aliphatic carbocycles. The maximum Gasteiger partial charge on any atom is 0.131 e. The maximum absolute atomic E-state index is 14.8. The smallest absolute Gasteiger partial charge is 0.131 e. The average molecular weight is 374 g/mol. The summed E-state index contributed by atoms with van der Waals surface area (Å²) < 4.78 is 14.8. The normalized spacial score (nSPS) is 10.9. The molecule has 0 amide bonds. The summed E-state index contributed by atoms with van der Waals surface area (Å²) in [6.07, 6.45) is 0. The van der Waals surface area contributed by atoms with Crippen LogP contribution in [0.3, 0.4) is 0 Å². The zero-order chi connectivity index (χ0) is 19.6. The van der Waals surface area contributed by atoms with E-state index in [1.165, 1.54) is 10.8 Å². The Bertz CT molecular complexity index is 1290. The van der Waals surface area contributed by atoms with E-state index in [0.29, 0.717) is 5.56 Å². The van der Waals surface area contributed by atoms with Gasteiger partial charge >= 0.3 is 0 Å². The van der Waals surface area contributed by atoms with Gasteiger partial charge in [0.15, 0.2) is 0 Å². The van der Waals surface area contributed by atoms with E-state index < -0.39 is 0 Å². The Labute approximate surface area is 169 Å². The van der Waals surface area contributed by atoms with Gasteiger partial charge in [-0.1, -0.05) is 103 Å². The second-order valence-electron chi connectivity index (χ2n) is 7.20. The van der Waals surface area contributed by atoms with Gasteiger partial charge in [0.05, 0.1) is 0 Å². The van der Waals surface area contributed by atoms with Crippen molar-refractivity contribution in [3.05, 3.63) is 121 Å². The second-order valence-corrected chi connectivity index (χ2v) is 7.20. The fourth-order valence-electron chi connectivity index (χ4n) is 3.77. The van der Waals surface area contributed by atoms with Crippen molar-refractivity contribution in [2.45, 2.75) is 0 Å². The minimum Gasteiger partial charge on any atom is -0.206 e. The highest BCUT2D eigenvalue weighted by atomic mass is 19.1. The summed E-state index contributed by atoms with van der Waals surface area (Å²) in [5.74, 6) is -0.204. The fourth-order valence-corrected chi connectivity index (χ4v) is 3.77. The third-order valence-electron chi connectivity index (χ3n) is 5.35. The number of fused-ring (bicyclic) bond motifs is 1. The molecular formula is C28H19F. The third kappa shape index (κ3) is 3.43. The van der Waals surface area contributed by atoms with Crippen molar-refractivity contribution in [2.24, 2.45) is 0 Å². The molecule has 0 heterocycles. The van der Waals surface area contributed by atoms with Crippen LogP contribution in [-0.4, -0.2) is 0 Å². The summed E-state index contributed by atoms with van der Waals surface area (Å²) in [5.41, 5.74) is 5.70. The van der Waals surface area contributed by atoms with Crippen molar-refractivity contribution in [2.75, 3.05) is 0 Å². The van der Waals surface area contributed by atoms with E-state index in [9.17, 15) is 4.39 Å². The molecule has 29 heavy (non-hydrogen) atoms. The summed E-state index contributed by atoms with van der Waals surface area (Å²) in [6, 6.07) is 38.2. The van der Waals surface area contributed by atoms with Gasteiger partial charge in [-0.05, 0) is 50.7 Å². The molecule has 0 aliphatic rings. The first-order chi connectivity index (χ1) is 14.3. The highest BCUT2D eigenvalue weighted by Gasteiger charge is 2.08. The SMILES string of the molecule is Fc1cc(-c2ccccc2)ccc1-c1ccc(-c2ccc3ccccc3c2)cc1. The predicted molar refractivity (Wildman–Crippen MR) is 120 cm³/mol. The molecule has 1 heteroatoms. The fraction of sp³-hybridized carbons (Fsp3) is 0. The minimum absolute atomic E-state index is 0.204. The van der Waals surface area contributed by atoms with Gasteiger partial charge in [0.25, 0.3) is 0 Å². The van der Waals surface area contributed by atoms with Crippen molar-refractivity contribution in [1.29, 1.82) is 0 Å². The minimum atomic E-state index is -0.204. The lowest BCUT2D eigenvalue weighted by atomic mass is 9.96. The highest BCUT2D eigenvalue weighted by Crippen LogP contribution is 2.30. The lowest BCUT2D eigenvalue weighted by Crippen LogP contribution is -1.87. The quantitative estimate of drug-likeness (QED) is 0.300. The van der Waals surface area contributed by atoms with Gasteiger partial charge in [-0.15, -0.1) is 0 Å². The zero-order valence-corrected chi connectivity index (χ0v) is 15.8. The summed E-state index contributed by atoms with van der Waals surface area (Å²) in [6.45, 7) is 0. The van der Waals surface area contributed by atoms with E-state index >= 15 is 0 Å². The van der Waals surface area contributed by atoms with Gasteiger partial charge in [0.1, 0.15) is 5.82 Å². The largest absolute Gasteiger partial charge is 0.206 e. The van der Waals surface area contributed by atoms with Crippen LogP contribution < -0.4 is 0 Å². The lowest BCUT2D eigenvalue weighted by Gasteiger charge is -2.09. The summed E-state index contributed by atoms with van der Waals surface area (Å²) in [7, 11) is 0. The van der Waals surface area contributed by atoms with Gasteiger partial charge in [-0.3, -0.25) is 0 Å². The van der Waals surface area contributed by atoms with E-state index in [0.717, 1.165) is 27.8 Å². The van der Waals surface area contributed by atoms with Crippen LogP contribution in [-0.2, 0) is 0 Å². The van der Waals surface area contributed by atoms with E-state index in [4.69, 9.17) is 0 Å². The van der Waals surface area contributed by atoms with Gasteiger partial charge < -0.3 is 0 Å². The van der Waals surface area contributed by atoms with Crippen LogP contribution in [0.2, 0.25) is 0 Å². The van der Waals surface area contributed by atoms with Crippen molar-refractivity contribution in [3.63, 3.8) is 0 Å². The molecule has 5 rings (SSSR count). The summed E-state index contributed by atoms with van der Waals surface area (Å²) >= 11 is 0. The Morgan fingerprint density at radius 2 is 0.931 bits per heavy atom. The lowest BCUT2D eigenvalue weighted by molar-refractivity contribution is 0.632. The molecule has 0 nitrogen and oxygen atoms in total. The monoisotopic (exact) mass is 374 g/mol. The van der Waals surface area contributed by atoms with Crippen molar-refractivity contribution >= 4 is 10.8 Å². The Balaban J connectivity index is 1.46. The van der Waals surface area contributed by atoms with E-state index in [1.807, 2.05) is 54.6 Å². The van der Waals surface area contributed by atoms with Crippen molar-refractivity contribution < 1.29 is 4.39 Å². The first kappa shape index (κ1) is 17.4. The molecule has 0 saturated heterocycles. The molecule has 0 radical (unpaired) electrons. The standard InChI is InChI=1S/C28H19F/c29-28-19-26(20-6-2-1-3-7-20)16-17-27(28)23-13-10-22(11-14-23)25-15-12-21-8-4-5-9-24(21)18-25/h1-19H. The van der Waals surface area contributed by atoms with Crippen LogP contribution in [0.5, 0.6) is 0 Å². The molecule has 0 aliphatic heterocycles. The second kappa shape index (κ2) is 7.37. The van der Waals surface area contributed by atoms with Crippen LogP contribution in [0.15, 0.2) is 115 Å². The molecule has 0 bridgehead atoms. The van der Waals surface area contributed by atoms with E-state index in [-0.39, 0.29) is 5.82 Å². The van der Waals surface area contributed by atoms with Crippen LogP contribution in [0, 0.1) is 5.82 Å². The first-order valence-electron chi connectivity index (χ1n) is 9.72. The Morgan fingerprint density at radius 1 is 0.379 bits per heavy atom. The molecule has 0 saturated carbocycles. The topological polar surface area (TPSA) is 0 Å². The molecule has 5 aromatic carbocycles. The summed E-state index contributed by atoms with van der Waals surface area (Å²) in [5, 5.41) is 2.45. The zero-order valence-electron chi connectivity index (χ0n) is 15.8.